The van der Waals surface area contributed by atoms with Crippen LogP contribution in [-0.4, -0.2) is 32.6 Å². The van der Waals surface area contributed by atoms with Gasteiger partial charge >= 0.3 is 0 Å². The Morgan fingerprint density at radius 1 is 1.10 bits per heavy atom. The SMILES string of the molecule is Cc1cnc(-c2nnc(C3CCC(CNC(=O)c4ccc(Cl)c(Cl)c4)CC3)o2)cn1. The second-order valence-corrected chi connectivity index (χ2v) is 8.36. The summed E-state index contributed by atoms with van der Waals surface area (Å²) in [6.45, 7) is 2.50. The molecule has 9 heteroatoms. The van der Waals surface area contributed by atoms with Crippen LogP contribution >= 0.6 is 23.2 Å². The van der Waals surface area contributed by atoms with E-state index in [0.29, 0.717) is 45.5 Å². The Labute approximate surface area is 184 Å². The van der Waals surface area contributed by atoms with Crippen molar-refractivity contribution in [1.82, 2.24) is 25.5 Å². The molecule has 3 aromatic rings. The van der Waals surface area contributed by atoms with Crippen molar-refractivity contribution < 1.29 is 9.21 Å². The molecule has 2 heterocycles. The lowest BCUT2D eigenvalue weighted by Gasteiger charge is -2.26. The van der Waals surface area contributed by atoms with Gasteiger partial charge in [0.15, 0.2) is 0 Å². The topological polar surface area (TPSA) is 93.8 Å². The highest BCUT2D eigenvalue weighted by Crippen LogP contribution is 2.35. The molecule has 30 heavy (non-hydrogen) atoms. The van der Waals surface area contributed by atoms with Gasteiger partial charge in [0.2, 0.25) is 5.89 Å². The lowest BCUT2D eigenvalue weighted by Crippen LogP contribution is -2.31. The van der Waals surface area contributed by atoms with Gasteiger partial charge in [-0.2, -0.15) is 0 Å². The summed E-state index contributed by atoms with van der Waals surface area (Å²) < 4.78 is 5.84. The number of aryl methyl sites for hydroxylation is 1. The summed E-state index contributed by atoms with van der Waals surface area (Å²) >= 11 is 11.9. The van der Waals surface area contributed by atoms with E-state index in [-0.39, 0.29) is 11.8 Å². The van der Waals surface area contributed by atoms with E-state index in [1.165, 1.54) is 0 Å². The molecule has 0 aliphatic heterocycles. The lowest BCUT2D eigenvalue weighted by atomic mass is 9.82. The first-order chi connectivity index (χ1) is 14.5. The minimum Gasteiger partial charge on any atom is -0.419 e. The molecule has 1 aliphatic carbocycles. The molecule has 1 saturated carbocycles. The van der Waals surface area contributed by atoms with Crippen LogP contribution in [0.1, 0.15) is 53.5 Å². The third kappa shape index (κ3) is 4.79. The van der Waals surface area contributed by atoms with Crippen molar-refractivity contribution in [2.24, 2.45) is 5.92 Å². The van der Waals surface area contributed by atoms with Gasteiger partial charge in [-0.15, -0.1) is 10.2 Å². The van der Waals surface area contributed by atoms with Crippen LogP contribution in [0.25, 0.3) is 11.6 Å². The zero-order valence-electron chi connectivity index (χ0n) is 16.4. The fraction of sp³-hybridized carbons (Fsp3) is 0.381. The molecule has 1 fully saturated rings. The summed E-state index contributed by atoms with van der Waals surface area (Å²) in [4.78, 5) is 20.8. The average molecular weight is 446 g/mol. The maximum Gasteiger partial charge on any atom is 0.267 e. The Morgan fingerprint density at radius 2 is 1.90 bits per heavy atom. The Morgan fingerprint density at radius 3 is 2.60 bits per heavy atom. The highest BCUT2D eigenvalue weighted by Gasteiger charge is 2.27. The van der Waals surface area contributed by atoms with Gasteiger partial charge in [-0.1, -0.05) is 23.2 Å². The predicted octanol–water partition coefficient (Wildman–Crippen LogP) is 4.85. The fourth-order valence-corrected chi connectivity index (χ4v) is 3.89. The zero-order chi connectivity index (χ0) is 21.1. The van der Waals surface area contributed by atoms with E-state index in [0.717, 1.165) is 31.4 Å². The van der Waals surface area contributed by atoms with Crippen molar-refractivity contribution >= 4 is 29.1 Å². The molecule has 0 spiro atoms. The highest BCUT2D eigenvalue weighted by molar-refractivity contribution is 6.42. The number of aromatic nitrogens is 4. The van der Waals surface area contributed by atoms with E-state index in [1.807, 2.05) is 6.92 Å². The van der Waals surface area contributed by atoms with E-state index in [4.69, 9.17) is 27.6 Å². The molecule has 2 aromatic heterocycles. The summed E-state index contributed by atoms with van der Waals surface area (Å²) in [5.41, 5.74) is 1.93. The normalized spacial score (nSPS) is 18.9. The zero-order valence-corrected chi connectivity index (χ0v) is 18.0. The molecular weight excluding hydrogens is 425 g/mol. The molecule has 1 amide bonds. The van der Waals surface area contributed by atoms with E-state index < -0.39 is 0 Å². The van der Waals surface area contributed by atoms with Crippen LogP contribution in [0.3, 0.4) is 0 Å². The summed E-state index contributed by atoms with van der Waals surface area (Å²) in [7, 11) is 0. The second kappa shape index (κ2) is 9.10. The largest absolute Gasteiger partial charge is 0.419 e. The van der Waals surface area contributed by atoms with E-state index >= 15 is 0 Å². The number of carbonyl (C=O) groups is 1. The van der Waals surface area contributed by atoms with Crippen molar-refractivity contribution in [3.63, 3.8) is 0 Å². The molecule has 1 N–H and O–H groups in total. The Bertz CT molecular complexity index is 1030. The van der Waals surface area contributed by atoms with Gasteiger partial charge in [-0.25, -0.2) is 4.98 Å². The van der Waals surface area contributed by atoms with E-state index in [1.54, 1.807) is 30.6 Å². The first-order valence-electron chi connectivity index (χ1n) is 9.85. The lowest BCUT2D eigenvalue weighted by molar-refractivity contribution is 0.0942. The van der Waals surface area contributed by atoms with E-state index in [2.05, 4.69) is 25.5 Å². The number of benzene rings is 1. The molecule has 1 aromatic carbocycles. The van der Waals surface area contributed by atoms with Gasteiger partial charge in [0, 0.05) is 24.2 Å². The van der Waals surface area contributed by atoms with Crippen LogP contribution < -0.4 is 5.32 Å². The Balaban J connectivity index is 1.28. The maximum atomic E-state index is 12.3. The first kappa shape index (κ1) is 20.8. The monoisotopic (exact) mass is 445 g/mol. The van der Waals surface area contributed by atoms with Crippen LogP contribution in [0.15, 0.2) is 35.0 Å². The fourth-order valence-electron chi connectivity index (χ4n) is 3.60. The number of halogens is 2. The highest BCUT2D eigenvalue weighted by atomic mass is 35.5. The molecule has 0 unspecified atom stereocenters. The smallest absolute Gasteiger partial charge is 0.267 e. The number of nitrogens with one attached hydrogen (secondary N) is 1. The molecule has 0 saturated heterocycles. The number of rotatable bonds is 5. The number of carbonyl (C=O) groups excluding carboxylic acids is 1. The van der Waals surface area contributed by atoms with E-state index in [9.17, 15) is 4.79 Å². The predicted molar refractivity (Wildman–Crippen MR) is 114 cm³/mol. The van der Waals surface area contributed by atoms with Crippen LogP contribution in [0.4, 0.5) is 0 Å². The van der Waals surface area contributed by atoms with Crippen LogP contribution in [-0.2, 0) is 0 Å². The van der Waals surface area contributed by atoms with Crippen LogP contribution in [0.5, 0.6) is 0 Å². The molecule has 4 rings (SSSR count). The number of nitrogens with zero attached hydrogens (tertiary/aromatic N) is 4. The molecular formula is C21H21Cl2N5O2. The third-order valence-electron chi connectivity index (χ3n) is 5.37. The maximum absolute atomic E-state index is 12.3. The Kier molecular flexibility index (Phi) is 6.29. The average Bonchev–Trinajstić information content (AvgIpc) is 3.25. The van der Waals surface area contributed by atoms with Crippen LogP contribution in [0, 0.1) is 12.8 Å². The second-order valence-electron chi connectivity index (χ2n) is 7.55. The van der Waals surface area contributed by atoms with Gasteiger partial charge < -0.3 is 9.73 Å². The third-order valence-corrected chi connectivity index (χ3v) is 6.11. The standard InChI is InChI=1S/C21H21Cl2N5O2/c1-12-9-25-18(11-24-12)21-28-27-20(30-21)14-4-2-13(3-5-14)10-26-19(29)15-6-7-16(22)17(23)8-15/h6-9,11,13-14H,2-5,10H2,1H3,(H,26,29). The minimum absolute atomic E-state index is 0.142. The quantitative estimate of drug-likeness (QED) is 0.603. The van der Waals surface area contributed by atoms with Crippen molar-refractivity contribution in [3.05, 3.63) is 57.8 Å². The van der Waals surface area contributed by atoms with Gasteiger partial charge in [0.05, 0.1) is 21.9 Å². The van der Waals surface area contributed by atoms with Gasteiger partial charge in [-0.05, 0) is 56.7 Å². The van der Waals surface area contributed by atoms with Gasteiger partial charge in [0.25, 0.3) is 11.8 Å². The number of hydrogen-bond donors (Lipinski definition) is 1. The van der Waals surface area contributed by atoms with Gasteiger partial charge in [-0.3, -0.25) is 9.78 Å². The molecule has 0 bridgehead atoms. The van der Waals surface area contributed by atoms with Gasteiger partial charge in [0.1, 0.15) is 5.69 Å². The molecule has 0 atom stereocenters. The summed E-state index contributed by atoms with van der Waals surface area (Å²) in [5, 5.41) is 12.1. The molecule has 7 nitrogen and oxygen atoms in total. The number of hydrogen-bond acceptors (Lipinski definition) is 6. The Hall–Kier alpha value is -2.51. The molecule has 0 radical (unpaired) electrons. The first-order valence-corrected chi connectivity index (χ1v) is 10.6. The summed E-state index contributed by atoms with van der Waals surface area (Å²) in [6, 6.07) is 4.89. The molecule has 1 aliphatic rings. The van der Waals surface area contributed by atoms with Crippen molar-refractivity contribution in [2.45, 2.75) is 38.5 Å². The van der Waals surface area contributed by atoms with Crippen molar-refractivity contribution in [3.8, 4) is 11.6 Å². The van der Waals surface area contributed by atoms with Crippen molar-refractivity contribution in [1.29, 1.82) is 0 Å². The number of amides is 1. The van der Waals surface area contributed by atoms with Crippen LogP contribution in [0.2, 0.25) is 10.0 Å². The minimum atomic E-state index is -0.142. The van der Waals surface area contributed by atoms with Crippen molar-refractivity contribution in [2.75, 3.05) is 6.54 Å². The molecule has 156 valence electrons. The summed E-state index contributed by atoms with van der Waals surface area (Å²) in [6.07, 6.45) is 7.16. The summed E-state index contributed by atoms with van der Waals surface area (Å²) in [5.74, 6) is 1.54.